The van der Waals surface area contributed by atoms with E-state index in [1.165, 1.54) is 0 Å². The average Bonchev–Trinajstić information content (AvgIpc) is 3.33. The van der Waals surface area contributed by atoms with Crippen molar-refractivity contribution in [3.8, 4) is 11.4 Å². The number of rotatable bonds is 5. The fourth-order valence-corrected chi connectivity index (χ4v) is 3.07. The van der Waals surface area contributed by atoms with E-state index in [0.29, 0.717) is 29.2 Å². The summed E-state index contributed by atoms with van der Waals surface area (Å²) in [5.74, 6) is 1.10. The molecule has 1 N–H and O–H groups in total. The summed E-state index contributed by atoms with van der Waals surface area (Å²) in [7, 11) is 1.60. The molecule has 4 rings (SSSR count). The van der Waals surface area contributed by atoms with Crippen LogP contribution in [0, 0.1) is 6.92 Å². The maximum atomic E-state index is 12.7. The third kappa shape index (κ3) is 3.29. The zero-order valence-corrected chi connectivity index (χ0v) is 15.1. The fraction of sp³-hybridized carbons (Fsp3) is 0.143. The van der Waals surface area contributed by atoms with Crippen molar-refractivity contribution in [2.45, 2.75) is 13.5 Å². The Bertz CT molecular complexity index is 1080. The van der Waals surface area contributed by atoms with Crippen molar-refractivity contribution in [2.24, 2.45) is 0 Å². The first-order chi connectivity index (χ1) is 13.2. The molecule has 2 heterocycles. The minimum atomic E-state index is -0.171. The van der Waals surface area contributed by atoms with Crippen molar-refractivity contribution < 1.29 is 13.9 Å². The molecule has 6 heteroatoms. The van der Waals surface area contributed by atoms with Gasteiger partial charge < -0.3 is 14.5 Å². The molecule has 0 aliphatic heterocycles. The second-order valence-corrected chi connectivity index (χ2v) is 6.20. The van der Waals surface area contributed by atoms with Crippen molar-refractivity contribution in [1.29, 1.82) is 0 Å². The molecule has 27 heavy (non-hydrogen) atoms. The zero-order chi connectivity index (χ0) is 18.8. The molecule has 0 atom stereocenters. The lowest BCUT2D eigenvalue weighted by molar-refractivity contribution is 0.0951. The molecule has 0 bridgehead atoms. The van der Waals surface area contributed by atoms with Crippen molar-refractivity contribution in [3.05, 3.63) is 77.8 Å². The smallest absolute Gasteiger partial charge is 0.255 e. The molecule has 4 aromatic rings. The predicted octanol–water partition coefficient (Wildman–Crippen LogP) is 3.87. The lowest BCUT2D eigenvalue weighted by atomic mass is 10.1. The number of carbonyl (C=O) groups excluding carboxylic acids is 1. The third-order valence-electron chi connectivity index (χ3n) is 4.46. The van der Waals surface area contributed by atoms with Gasteiger partial charge in [0.15, 0.2) is 0 Å². The van der Waals surface area contributed by atoms with Crippen LogP contribution >= 0.6 is 0 Å². The Balaban J connectivity index is 1.51. The largest absolute Gasteiger partial charge is 0.497 e. The van der Waals surface area contributed by atoms with E-state index in [0.717, 1.165) is 16.6 Å². The van der Waals surface area contributed by atoms with Gasteiger partial charge in [-0.05, 0) is 48.9 Å². The summed E-state index contributed by atoms with van der Waals surface area (Å²) >= 11 is 0. The molecule has 1 amide bonds. The van der Waals surface area contributed by atoms with E-state index < -0.39 is 0 Å². The summed E-state index contributed by atoms with van der Waals surface area (Å²) in [6, 6.07) is 15.2. The van der Waals surface area contributed by atoms with E-state index in [2.05, 4.69) is 10.4 Å². The number of ether oxygens (including phenoxy) is 1. The normalized spacial score (nSPS) is 10.9. The summed E-state index contributed by atoms with van der Waals surface area (Å²) in [5, 5.41) is 7.92. The van der Waals surface area contributed by atoms with E-state index in [1.54, 1.807) is 24.9 Å². The number of hydrogen-bond acceptors (Lipinski definition) is 4. The Hall–Kier alpha value is -3.54. The molecule has 0 saturated heterocycles. The molecular weight excluding hydrogens is 342 g/mol. The standard InChI is InChI=1S/C21H19N3O3/c1-14-20(18-12-17(26-2)8-9-19(18)27-14)21(25)22-13-15-4-6-16(7-5-15)24-11-3-10-23-24/h3-12H,13H2,1-2H3,(H,22,25). The van der Waals surface area contributed by atoms with E-state index in [4.69, 9.17) is 9.15 Å². The Morgan fingerprint density at radius 3 is 2.74 bits per heavy atom. The number of furan rings is 1. The van der Waals surface area contributed by atoms with Crippen LogP contribution in [-0.4, -0.2) is 22.8 Å². The van der Waals surface area contributed by atoms with Crippen molar-refractivity contribution in [3.63, 3.8) is 0 Å². The van der Waals surface area contributed by atoms with Crippen LogP contribution in [0.25, 0.3) is 16.7 Å². The maximum Gasteiger partial charge on any atom is 0.255 e. The van der Waals surface area contributed by atoms with Crippen LogP contribution in [0.15, 0.2) is 65.3 Å². The Morgan fingerprint density at radius 1 is 1.22 bits per heavy atom. The molecule has 0 spiro atoms. The van der Waals surface area contributed by atoms with Crippen LogP contribution in [0.3, 0.4) is 0 Å². The summed E-state index contributed by atoms with van der Waals surface area (Å²) in [5.41, 5.74) is 3.18. The Morgan fingerprint density at radius 2 is 2.04 bits per heavy atom. The van der Waals surface area contributed by atoms with E-state index in [1.807, 2.05) is 54.7 Å². The number of benzene rings is 2. The molecule has 2 aromatic heterocycles. The lowest BCUT2D eigenvalue weighted by Crippen LogP contribution is -2.23. The zero-order valence-electron chi connectivity index (χ0n) is 15.1. The first kappa shape index (κ1) is 16.9. The highest BCUT2D eigenvalue weighted by Gasteiger charge is 2.18. The van der Waals surface area contributed by atoms with Crippen molar-refractivity contribution in [1.82, 2.24) is 15.1 Å². The summed E-state index contributed by atoms with van der Waals surface area (Å²) < 4.78 is 12.7. The van der Waals surface area contributed by atoms with Gasteiger partial charge in [0.25, 0.3) is 5.91 Å². The third-order valence-corrected chi connectivity index (χ3v) is 4.46. The predicted molar refractivity (Wildman–Crippen MR) is 102 cm³/mol. The highest BCUT2D eigenvalue weighted by Crippen LogP contribution is 2.29. The molecule has 0 aliphatic rings. The van der Waals surface area contributed by atoms with Crippen LogP contribution in [0.5, 0.6) is 5.75 Å². The molecule has 136 valence electrons. The number of hydrogen-bond donors (Lipinski definition) is 1. The number of aromatic nitrogens is 2. The van der Waals surface area contributed by atoms with Gasteiger partial charge in [-0.1, -0.05) is 12.1 Å². The van der Waals surface area contributed by atoms with Crippen LogP contribution in [0.2, 0.25) is 0 Å². The van der Waals surface area contributed by atoms with Crippen LogP contribution in [0.4, 0.5) is 0 Å². The Kier molecular flexibility index (Phi) is 4.38. The highest BCUT2D eigenvalue weighted by molar-refractivity contribution is 6.07. The first-order valence-corrected chi connectivity index (χ1v) is 8.60. The number of nitrogens with zero attached hydrogens (tertiary/aromatic N) is 2. The van der Waals surface area contributed by atoms with Gasteiger partial charge in [-0.3, -0.25) is 4.79 Å². The summed E-state index contributed by atoms with van der Waals surface area (Å²) in [4.78, 5) is 12.7. The minimum absolute atomic E-state index is 0.171. The van der Waals surface area contributed by atoms with Gasteiger partial charge >= 0.3 is 0 Å². The monoisotopic (exact) mass is 361 g/mol. The number of aryl methyl sites for hydroxylation is 1. The van der Waals surface area contributed by atoms with Gasteiger partial charge in [-0.25, -0.2) is 4.68 Å². The lowest BCUT2D eigenvalue weighted by Gasteiger charge is -2.07. The number of fused-ring (bicyclic) bond motifs is 1. The first-order valence-electron chi connectivity index (χ1n) is 8.60. The second kappa shape index (κ2) is 6.99. The summed E-state index contributed by atoms with van der Waals surface area (Å²) in [6.07, 6.45) is 3.62. The number of methoxy groups -OCH3 is 1. The fourth-order valence-electron chi connectivity index (χ4n) is 3.07. The van der Waals surface area contributed by atoms with E-state index in [9.17, 15) is 4.79 Å². The maximum absolute atomic E-state index is 12.7. The van der Waals surface area contributed by atoms with Gasteiger partial charge in [0, 0.05) is 24.3 Å². The molecule has 6 nitrogen and oxygen atoms in total. The second-order valence-electron chi connectivity index (χ2n) is 6.20. The summed E-state index contributed by atoms with van der Waals surface area (Å²) in [6.45, 7) is 2.22. The average molecular weight is 361 g/mol. The van der Waals surface area contributed by atoms with Gasteiger partial charge in [0.1, 0.15) is 17.1 Å². The molecule has 0 aliphatic carbocycles. The highest BCUT2D eigenvalue weighted by atomic mass is 16.5. The SMILES string of the molecule is COc1ccc2oc(C)c(C(=O)NCc3ccc(-n4cccn4)cc3)c2c1. The van der Waals surface area contributed by atoms with Gasteiger partial charge in [0.2, 0.25) is 0 Å². The quantitative estimate of drug-likeness (QED) is 0.586. The molecule has 0 unspecified atom stereocenters. The topological polar surface area (TPSA) is 69.3 Å². The molecular formula is C21H19N3O3. The molecule has 0 fully saturated rings. The van der Waals surface area contributed by atoms with Crippen LogP contribution < -0.4 is 10.1 Å². The number of carbonyl (C=O) groups is 1. The molecule has 0 radical (unpaired) electrons. The van der Waals surface area contributed by atoms with Crippen molar-refractivity contribution >= 4 is 16.9 Å². The van der Waals surface area contributed by atoms with E-state index >= 15 is 0 Å². The van der Waals surface area contributed by atoms with Gasteiger partial charge in [0.05, 0.1) is 18.4 Å². The van der Waals surface area contributed by atoms with Gasteiger partial charge in [-0.2, -0.15) is 5.10 Å². The van der Waals surface area contributed by atoms with Crippen LogP contribution in [-0.2, 0) is 6.54 Å². The Labute approximate surface area is 156 Å². The number of nitrogens with one attached hydrogen (secondary N) is 1. The van der Waals surface area contributed by atoms with Crippen LogP contribution in [0.1, 0.15) is 21.7 Å². The minimum Gasteiger partial charge on any atom is -0.497 e. The number of amides is 1. The van der Waals surface area contributed by atoms with Crippen molar-refractivity contribution in [2.75, 3.05) is 7.11 Å². The van der Waals surface area contributed by atoms with E-state index in [-0.39, 0.29) is 5.91 Å². The van der Waals surface area contributed by atoms with Gasteiger partial charge in [-0.15, -0.1) is 0 Å². The molecule has 0 saturated carbocycles. The molecule has 2 aromatic carbocycles.